The Morgan fingerprint density at radius 3 is 2.49 bits per heavy atom. The molecule has 4 nitrogen and oxygen atoms in total. The van der Waals surface area contributed by atoms with Crippen LogP contribution < -0.4 is 10.6 Å². The van der Waals surface area contributed by atoms with Crippen LogP contribution in [-0.4, -0.2) is 24.5 Å². The van der Waals surface area contributed by atoms with Gasteiger partial charge in [0.25, 0.3) is 0 Å². The Hall–Kier alpha value is -3.42. The molecule has 2 rings (SSSR count). The van der Waals surface area contributed by atoms with E-state index in [0.29, 0.717) is 36.2 Å². The van der Waals surface area contributed by atoms with Crippen LogP contribution in [0.3, 0.4) is 0 Å². The minimum Gasteiger partial charge on any atom is -0.385 e. The van der Waals surface area contributed by atoms with E-state index in [1.54, 1.807) is 24.4 Å². The maximum Gasteiger partial charge on any atom is 0.417 e. The maximum atomic E-state index is 13.9. The number of hydrogen-bond acceptors (Lipinski definition) is 3. The lowest BCUT2D eigenvalue weighted by molar-refractivity contribution is -0.137. The number of aryl methyl sites for hydroxylation is 1. The number of aromatic nitrogens is 1. The molecule has 0 aliphatic heterocycles. The first kappa shape index (κ1) is 27.8. The third-order valence-electron chi connectivity index (χ3n) is 5.32. The number of pyridine rings is 1. The molecule has 2 aromatic rings. The highest BCUT2D eigenvalue weighted by Gasteiger charge is 2.34. The maximum absolute atomic E-state index is 13.9. The van der Waals surface area contributed by atoms with Crippen molar-refractivity contribution in [1.29, 1.82) is 0 Å². The third kappa shape index (κ3) is 8.09. The van der Waals surface area contributed by atoms with Gasteiger partial charge in [0, 0.05) is 48.0 Å². The number of halogens is 4. The quantitative estimate of drug-likeness (QED) is 0.165. The lowest BCUT2D eigenvalue weighted by atomic mass is 10.0. The first-order chi connectivity index (χ1) is 16.6. The largest absolute Gasteiger partial charge is 0.417 e. The van der Waals surface area contributed by atoms with Gasteiger partial charge in [-0.25, -0.2) is 0 Å². The van der Waals surface area contributed by atoms with Gasteiger partial charge in [-0.1, -0.05) is 39.1 Å². The Kier molecular flexibility index (Phi) is 10.2. The van der Waals surface area contributed by atoms with Gasteiger partial charge in [-0.2, -0.15) is 13.2 Å². The molecule has 0 saturated heterocycles. The minimum absolute atomic E-state index is 0.0523. The van der Waals surface area contributed by atoms with E-state index < -0.39 is 18.4 Å². The molecule has 0 aliphatic carbocycles. The summed E-state index contributed by atoms with van der Waals surface area (Å²) in [5.41, 5.74) is 2.44. The average Bonchev–Trinajstić information content (AvgIpc) is 2.83. The fourth-order valence-electron chi connectivity index (χ4n) is 3.24. The summed E-state index contributed by atoms with van der Waals surface area (Å²) >= 11 is 0. The van der Waals surface area contributed by atoms with E-state index in [-0.39, 0.29) is 17.3 Å². The Labute approximate surface area is 204 Å². The SMILES string of the molecule is C=C/C=C(\NC(=NC)c1cc(CNC(=C)C(C)C)ccc1C(F)(F)F)c1ccc(CCCF)nc1. The highest BCUT2D eigenvalue weighted by Crippen LogP contribution is 2.33. The van der Waals surface area contributed by atoms with Crippen molar-refractivity contribution in [3.8, 4) is 0 Å². The van der Waals surface area contributed by atoms with Crippen molar-refractivity contribution in [3.05, 3.63) is 95.5 Å². The number of hydrogen-bond donors (Lipinski definition) is 2. The Morgan fingerprint density at radius 1 is 1.20 bits per heavy atom. The highest BCUT2D eigenvalue weighted by molar-refractivity contribution is 6.04. The van der Waals surface area contributed by atoms with Crippen LogP contribution >= 0.6 is 0 Å². The number of benzene rings is 1. The molecule has 1 heterocycles. The van der Waals surface area contributed by atoms with Gasteiger partial charge in [-0.05, 0) is 54.7 Å². The molecule has 2 N–H and O–H groups in total. The molecule has 0 radical (unpaired) electrons. The predicted molar refractivity (Wildman–Crippen MR) is 135 cm³/mol. The summed E-state index contributed by atoms with van der Waals surface area (Å²) in [5, 5.41) is 6.18. The van der Waals surface area contributed by atoms with Crippen LogP contribution in [-0.2, 0) is 19.1 Å². The van der Waals surface area contributed by atoms with Gasteiger partial charge in [0.2, 0.25) is 0 Å². The van der Waals surface area contributed by atoms with Crippen LogP contribution in [0.4, 0.5) is 17.6 Å². The summed E-state index contributed by atoms with van der Waals surface area (Å²) < 4.78 is 54.1. The van der Waals surface area contributed by atoms with Gasteiger partial charge < -0.3 is 10.6 Å². The van der Waals surface area contributed by atoms with E-state index in [9.17, 15) is 17.6 Å². The van der Waals surface area contributed by atoms with Crippen molar-refractivity contribution < 1.29 is 17.6 Å². The second kappa shape index (κ2) is 12.9. The van der Waals surface area contributed by atoms with E-state index in [4.69, 9.17) is 0 Å². The number of rotatable bonds is 11. The van der Waals surface area contributed by atoms with E-state index >= 15 is 0 Å². The molecule has 1 aromatic carbocycles. The molecule has 35 heavy (non-hydrogen) atoms. The van der Waals surface area contributed by atoms with E-state index in [2.05, 4.69) is 33.8 Å². The average molecular weight is 489 g/mol. The van der Waals surface area contributed by atoms with Crippen molar-refractivity contribution in [3.63, 3.8) is 0 Å². The Balaban J connectivity index is 2.40. The molecule has 0 fully saturated rings. The first-order valence-corrected chi connectivity index (χ1v) is 11.3. The first-order valence-electron chi connectivity index (χ1n) is 11.3. The summed E-state index contributed by atoms with van der Waals surface area (Å²) in [6.07, 6.45) is 1.06. The Morgan fingerprint density at radius 2 is 1.94 bits per heavy atom. The molecular weight excluding hydrogens is 456 g/mol. The molecule has 0 aliphatic rings. The second-order valence-corrected chi connectivity index (χ2v) is 8.26. The zero-order valence-corrected chi connectivity index (χ0v) is 20.3. The molecule has 188 valence electrons. The summed E-state index contributed by atoms with van der Waals surface area (Å²) in [5.74, 6) is 0.249. The fourth-order valence-corrected chi connectivity index (χ4v) is 3.24. The van der Waals surface area contributed by atoms with Crippen LogP contribution in [0.15, 0.2) is 72.5 Å². The number of nitrogens with one attached hydrogen (secondary N) is 2. The third-order valence-corrected chi connectivity index (χ3v) is 5.32. The van der Waals surface area contributed by atoms with Crippen LogP contribution in [0.2, 0.25) is 0 Å². The Bertz CT molecular complexity index is 1070. The number of nitrogens with zero attached hydrogens (tertiary/aromatic N) is 2. The molecule has 0 spiro atoms. The fraction of sp³-hybridized carbons (Fsp3) is 0.333. The van der Waals surface area contributed by atoms with E-state index in [1.165, 1.54) is 25.3 Å². The lowest BCUT2D eigenvalue weighted by Gasteiger charge is -2.19. The van der Waals surface area contributed by atoms with E-state index in [1.807, 2.05) is 13.8 Å². The monoisotopic (exact) mass is 488 g/mol. The van der Waals surface area contributed by atoms with Crippen LogP contribution in [0.5, 0.6) is 0 Å². The lowest BCUT2D eigenvalue weighted by Crippen LogP contribution is -2.27. The van der Waals surface area contributed by atoms with Crippen molar-refractivity contribution in [2.24, 2.45) is 10.9 Å². The summed E-state index contributed by atoms with van der Waals surface area (Å²) in [6, 6.07) is 7.53. The number of allylic oxidation sites excluding steroid dienone is 3. The number of alkyl halides is 4. The van der Waals surface area contributed by atoms with Crippen molar-refractivity contribution in [1.82, 2.24) is 15.6 Å². The molecule has 0 amide bonds. The van der Waals surface area contributed by atoms with Gasteiger partial charge in [0.05, 0.1) is 12.2 Å². The predicted octanol–water partition coefficient (Wildman–Crippen LogP) is 6.45. The van der Waals surface area contributed by atoms with E-state index in [0.717, 1.165) is 17.5 Å². The van der Waals surface area contributed by atoms with Crippen LogP contribution in [0.1, 0.15) is 48.2 Å². The van der Waals surface area contributed by atoms with Crippen molar-refractivity contribution in [2.75, 3.05) is 13.7 Å². The van der Waals surface area contributed by atoms with Gasteiger partial charge in [0.15, 0.2) is 0 Å². The smallest absolute Gasteiger partial charge is 0.385 e. The van der Waals surface area contributed by atoms with Crippen molar-refractivity contribution in [2.45, 2.75) is 39.4 Å². The normalized spacial score (nSPS) is 12.6. The molecule has 8 heteroatoms. The standard InChI is InChI=1S/C27H32F4N4/c1-6-8-25(21-11-12-22(34-17-21)9-7-14-28)35-26(32-5)23-15-20(16-33-19(4)18(2)3)10-13-24(23)27(29,30)31/h6,8,10-13,15,17-18,33H,1,4,7,9,14,16H2,2-3,5H3,(H,32,35)/b25-8-. The molecule has 0 atom stereocenters. The second-order valence-electron chi connectivity index (χ2n) is 8.26. The number of aliphatic imine (C=N–C) groups is 1. The zero-order chi connectivity index (χ0) is 26.0. The topological polar surface area (TPSA) is 49.3 Å². The van der Waals surface area contributed by atoms with Gasteiger partial charge >= 0.3 is 6.18 Å². The number of amidine groups is 1. The van der Waals surface area contributed by atoms with Crippen molar-refractivity contribution >= 4 is 11.5 Å². The summed E-state index contributed by atoms with van der Waals surface area (Å²) in [7, 11) is 1.43. The zero-order valence-electron chi connectivity index (χ0n) is 20.3. The van der Waals surface area contributed by atoms with Crippen LogP contribution in [0.25, 0.3) is 5.70 Å². The molecule has 0 saturated carbocycles. The molecular formula is C27H32F4N4. The van der Waals surface area contributed by atoms with Gasteiger partial charge in [-0.3, -0.25) is 14.4 Å². The molecule has 1 aromatic heterocycles. The van der Waals surface area contributed by atoms with Gasteiger partial charge in [0.1, 0.15) is 5.84 Å². The highest BCUT2D eigenvalue weighted by atomic mass is 19.4. The van der Waals surface area contributed by atoms with Gasteiger partial charge in [-0.15, -0.1) is 0 Å². The summed E-state index contributed by atoms with van der Waals surface area (Å²) in [4.78, 5) is 8.47. The van der Waals surface area contributed by atoms with Crippen LogP contribution in [0, 0.1) is 5.92 Å². The molecule has 0 bridgehead atoms. The molecule has 0 unspecified atom stereocenters. The summed E-state index contributed by atoms with van der Waals surface area (Å²) in [6.45, 7) is 11.5. The minimum atomic E-state index is -4.57.